The van der Waals surface area contributed by atoms with Crippen LogP contribution in [0.3, 0.4) is 0 Å². The summed E-state index contributed by atoms with van der Waals surface area (Å²) in [6.07, 6.45) is 0.841. The van der Waals surface area contributed by atoms with Crippen LogP contribution < -0.4 is 0 Å². The van der Waals surface area contributed by atoms with E-state index in [1.54, 1.807) is 0 Å². The van der Waals surface area contributed by atoms with Crippen molar-refractivity contribution < 1.29 is 4.21 Å². The van der Waals surface area contributed by atoms with Crippen molar-refractivity contribution >= 4 is 22.1 Å². The first-order valence-electron chi connectivity index (χ1n) is 3.40. The van der Waals surface area contributed by atoms with Gasteiger partial charge in [-0.25, -0.2) is 0 Å². The fourth-order valence-corrected chi connectivity index (χ4v) is 2.53. The molecule has 0 saturated heterocycles. The van der Waals surface area contributed by atoms with E-state index in [0.717, 1.165) is 17.8 Å². The van der Waals surface area contributed by atoms with E-state index >= 15 is 0 Å². The van der Waals surface area contributed by atoms with Crippen molar-refractivity contribution in [3.05, 3.63) is 5.01 Å². The van der Waals surface area contributed by atoms with E-state index in [1.807, 2.05) is 13.0 Å². The van der Waals surface area contributed by atoms with Crippen molar-refractivity contribution in [3.63, 3.8) is 0 Å². The van der Waals surface area contributed by atoms with Crippen LogP contribution in [0.2, 0.25) is 0 Å². The maximum Gasteiger partial charge on any atom is 0.218 e. The number of aromatic nitrogens is 2. The lowest BCUT2D eigenvalue weighted by Gasteiger charge is -1.89. The van der Waals surface area contributed by atoms with E-state index in [4.69, 9.17) is 5.26 Å². The summed E-state index contributed by atoms with van der Waals surface area (Å²) in [5, 5.41) is 15.9. The van der Waals surface area contributed by atoms with E-state index in [9.17, 15) is 4.21 Å². The van der Waals surface area contributed by atoms with Gasteiger partial charge in [-0.1, -0.05) is 18.3 Å². The quantitative estimate of drug-likeness (QED) is 0.729. The number of nitrogens with zero attached hydrogens (tertiary/aromatic N) is 3. The Hall–Kier alpha value is -0.800. The Morgan fingerprint density at radius 2 is 2.42 bits per heavy atom. The zero-order valence-corrected chi connectivity index (χ0v) is 8.11. The predicted octanol–water partition coefficient (Wildman–Crippen LogP) is 0.927. The summed E-state index contributed by atoms with van der Waals surface area (Å²) in [7, 11) is -1.07. The van der Waals surface area contributed by atoms with Crippen LogP contribution in [0.5, 0.6) is 0 Å². The van der Waals surface area contributed by atoms with Gasteiger partial charge in [0.15, 0.2) is 0 Å². The lowest BCUT2D eigenvalue weighted by atomic mass is 10.6. The van der Waals surface area contributed by atoms with Gasteiger partial charge in [-0.15, -0.1) is 10.2 Å². The van der Waals surface area contributed by atoms with Crippen LogP contribution in [0, 0.1) is 11.3 Å². The second-order valence-corrected chi connectivity index (χ2v) is 4.76. The average molecular weight is 201 g/mol. The van der Waals surface area contributed by atoms with Gasteiger partial charge in [0, 0.05) is 5.75 Å². The standard InChI is InChI=1S/C6H7N3OS2/c1-2-3-12(10)6-9-8-5(4-7)11-6/h2-3H2,1H3. The van der Waals surface area contributed by atoms with E-state index in [2.05, 4.69) is 10.2 Å². The molecule has 0 N–H and O–H groups in total. The lowest BCUT2D eigenvalue weighted by molar-refractivity contribution is 0.680. The Kier molecular flexibility index (Phi) is 3.31. The third kappa shape index (κ3) is 2.09. The fourth-order valence-electron chi connectivity index (χ4n) is 0.620. The molecule has 0 aromatic carbocycles. The van der Waals surface area contributed by atoms with Crippen molar-refractivity contribution in [1.29, 1.82) is 5.26 Å². The summed E-state index contributed by atoms with van der Waals surface area (Å²) in [4.78, 5) is 0. The third-order valence-electron chi connectivity index (χ3n) is 1.09. The fraction of sp³-hybridized carbons (Fsp3) is 0.500. The second kappa shape index (κ2) is 4.28. The second-order valence-electron chi connectivity index (χ2n) is 2.03. The molecule has 0 aliphatic rings. The highest BCUT2D eigenvalue weighted by Gasteiger charge is 2.09. The SMILES string of the molecule is CCCS(=O)c1nnc(C#N)s1. The van der Waals surface area contributed by atoms with Crippen LogP contribution in [0.4, 0.5) is 0 Å². The minimum atomic E-state index is -1.07. The molecule has 0 amide bonds. The topological polar surface area (TPSA) is 66.6 Å². The van der Waals surface area contributed by atoms with Crippen LogP contribution in [0.15, 0.2) is 4.34 Å². The monoisotopic (exact) mass is 201 g/mol. The Morgan fingerprint density at radius 3 is 2.92 bits per heavy atom. The molecular weight excluding hydrogens is 194 g/mol. The molecule has 0 aliphatic heterocycles. The first-order valence-corrected chi connectivity index (χ1v) is 5.53. The molecule has 12 heavy (non-hydrogen) atoms. The number of nitriles is 1. The summed E-state index contributed by atoms with van der Waals surface area (Å²) in [6.45, 7) is 1.95. The van der Waals surface area contributed by atoms with Gasteiger partial charge in [0.1, 0.15) is 6.07 Å². The number of hydrogen-bond acceptors (Lipinski definition) is 5. The summed E-state index contributed by atoms with van der Waals surface area (Å²) < 4.78 is 11.7. The van der Waals surface area contributed by atoms with Crippen molar-refractivity contribution in [2.45, 2.75) is 17.7 Å². The maximum atomic E-state index is 11.3. The highest BCUT2D eigenvalue weighted by molar-refractivity contribution is 7.87. The molecule has 1 aromatic heterocycles. The summed E-state index contributed by atoms with van der Waals surface area (Å²) in [5.41, 5.74) is 0. The molecule has 1 unspecified atom stereocenters. The number of rotatable bonds is 3. The van der Waals surface area contributed by atoms with Gasteiger partial charge in [-0.3, -0.25) is 4.21 Å². The minimum absolute atomic E-state index is 0.273. The van der Waals surface area contributed by atoms with Crippen molar-refractivity contribution in [2.75, 3.05) is 5.75 Å². The third-order valence-corrected chi connectivity index (χ3v) is 3.77. The van der Waals surface area contributed by atoms with Gasteiger partial charge in [0.2, 0.25) is 9.35 Å². The normalized spacial score (nSPS) is 12.3. The van der Waals surface area contributed by atoms with Gasteiger partial charge >= 0.3 is 0 Å². The van der Waals surface area contributed by atoms with Crippen LogP contribution in [0.25, 0.3) is 0 Å². The summed E-state index contributed by atoms with van der Waals surface area (Å²) >= 11 is 1.10. The van der Waals surface area contributed by atoms with Gasteiger partial charge in [0.25, 0.3) is 0 Å². The van der Waals surface area contributed by atoms with Crippen LogP contribution in [-0.4, -0.2) is 20.2 Å². The summed E-state index contributed by atoms with van der Waals surface area (Å²) in [5.74, 6) is 0.583. The van der Waals surface area contributed by atoms with Crippen molar-refractivity contribution in [3.8, 4) is 6.07 Å². The Bertz CT molecular complexity index is 328. The highest BCUT2D eigenvalue weighted by Crippen LogP contribution is 2.13. The largest absolute Gasteiger partial charge is 0.252 e. The Labute approximate surface area is 76.7 Å². The van der Waals surface area contributed by atoms with E-state index in [0.29, 0.717) is 10.1 Å². The molecule has 0 spiro atoms. The molecule has 64 valence electrons. The first kappa shape index (κ1) is 9.29. The highest BCUT2D eigenvalue weighted by atomic mass is 32.2. The smallest absolute Gasteiger partial charge is 0.218 e. The molecular formula is C6H7N3OS2. The van der Waals surface area contributed by atoms with Gasteiger partial charge < -0.3 is 0 Å². The van der Waals surface area contributed by atoms with Gasteiger partial charge in [-0.05, 0) is 6.42 Å². The molecule has 1 atom stereocenters. The van der Waals surface area contributed by atoms with Crippen molar-refractivity contribution in [1.82, 2.24) is 10.2 Å². The summed E-state index contributed by atoms with van der Waals surface area (Å²) in [6, 6.07) is 1.85. The minimum Gasteiger partial charge on any atom is -0.252 e. The average Bonchev–Trinajstić information content (AvgIpc) is 2.52. The van der Waals surface area contributed by atoms with Crippen LogP contribution in [0.1, 0.15) is 18.4 Å². The Morgan fingerprint density at radius 1 is 1.67 bits per heavy atom. The van der Waals surface area contributed by atoms with E-state index in [1.165, 1.54) is 0 Å². The molecule has 1 heterocycles. The zero-order valence-electron chi connectivity index (χ0n) is 6.48. The first-order chi connectivity index (χ1) is 5.77. The van der Waals surface area contributed by atoms with E-state index < -0.39 is 10.8 Å². The van der Waals surface area contributed by atoms with Crippen LogP contribution in [-0.2, 0) is 10.8 Å². The van der Waals surface area contributed by atoms with Gasteiger partial charge in [0.05, 0.1) is 10.8 Å². The molecule has 0 saturated carbocycles. The molecule has 0 fully saturated rings. The molecule has 6 heteroatoms. The zero-order chi connectivity index (χ0) is 8.97. The van der Waals surface area contributed by atoms with Gasteiger partial charge in [-0.2, -0.15) is 5.26 Å². The lowest BCUT2D eigenvalue weighted by Crippen LogP contribution is -1.95. The predicted molar refractivity (Wildman–Crippen MR) is 46.2 cm³/mol. The van der Waals surface area contributed by atoms with E-state index in [-0.39, 0.29) is 5.01 Å². The molecule has 1 aromatic rings. The van der Waals surface area contributed by atoms with Crippen molar-refractivity contribution in [2.24, 2.45) is 0 Å². The molecule has 0 radical (unpaired) electrons. The Balaban J connectivity index is 2.76. The molecule has 4 nitrogen and oxygen atoms in total. The molecule has 1 rings (SSSR count). The molecule has 0 aliphatic carbocycles. The number of hydrogen-bond donors (Lipinski definition) is 0. The molecule has 0 bridgehead atoms. The maximum absolute atomic E-state index is 11.3. The van der Waals surface area contributed by atoms with Crippen LogP contribution >= 0.6 is 11.3 Å².